The average molecular weight is 275 g/mol. The fourth-order valence-electron chi connectivity index (χ4n) is 2.67. The van der Waals surface area contributed by atoms with E-state index in [1.54, 1.807) is 0 Å². The van der Waals surface area contributed by atoms with Crippen LogP contribution >= 0.6 is 0 Å². The Morgan fingerprint density at radius 2 is 2.05 bits per heavy atom. The molecule has 0 unspecified atom stereocenters. The lowest BCUT2D eigenvalue weighted by atomic mass is 9.97. The van der Waals surface area contributed by atoms with Crippen molar-refractivity contribution in [3.05, 3.63) is 35.4 Å². The SMILES string of the molecule is O=C(O)CN(C(=O)[C@H]1OCCc2ccccc21)C1CC1. The van der Waals surface area contributed by atoms with E-state index in [0.717, 1.165) is 30.4 Å². The summed E-state index contributed by atoms with van der Waals surface area (Å²) in [5, 5.41) is 8.97. The topological polar surface area (TPSA) is 66.8 Å². The Hall–Kier alpha value is -1.88. The molecule has 106 valence electrons. The molecule has 0 aromatic heterocycles. The van der Waals surface area contributed by atoms with Crippen LogP contribution < -0.4 is 0 Å². The number of benzene rings is 1. The van der Waals surface area contributed by atoms with Crippen molar-refractivity contribution in [2.45, 2.75) is 31.4 Å². The lowest BCUT2D eigenvalue weighted by Gasteiger charge is -2.30. The van der Waals surface area contributed by atoms with Crippen LogP contribution in [-0.2, 0) is 20.7 Å². The van der Waals surface area contributed by atoms with Crippen molar-refractivity contribution in [2.24, 2.45) is 0 Å². The first-order valence-corrected chi connectivity index (χ1v) is 6.88. The molecule has 0 bridgehead atoms. The summed E-state index contributed by atoms with van der Waals surface area (Å²) < 4.78 is 5.62. The van der Waals surface area contributed by atoms with Gasteiger partial charge in [0.15, 0.2) is 6.10 Å². The Kier molecular flexibility index (Phi) is 3.44. The molecule has 20 heavy (non-hydrogen) atoms. The highest BCUT2D eigenvalue weighted by molar-refractivity contribution is 5.86. The Balaban J connectivity index is 1.84. The summed E-state index contributed by atoms with van der Waals surface area (Å²) in [4.78, 5) is 25.0. The summed E-state index contributed by atoms with van der Waals surface area (Å²) in [5.41, 5.74) is 1.99. The van der Waals surface area contributed by atoms with Gasteiger partial charge >= 0.3 is 5.97 Å². The van der Waals surface area contributed by atoms with Crippen molar-refractivity contribution >= 4 is 11.9 Å². The molecule has 1 atom stereocenters. The van der Waals surface area contributed by atoms with Gasteiger partial charge in [-0.25, -0.2) is 0 Å². The third kappa shape index (κ3) is 2.54. The monoisotopic (exact) mass is 275 g/mol. The maximum Gasteiger partial charge on any atom is 0.323 e. The summed E-state index contributed by atoms with van der Waals surface area (Å²) >= 11 is 0. The van der Waals surface area contributed by atoms with Gasteiger partial charge in [-0.05, 0) is 30.4 Å². The number of rotatable bonds is 4. The number of amides is 1. The van der Waals surface area contributed by atoms with Gasteiger partial charge in [0.25, 0.3) is 5.91 Å². The van der Waals surface area contributed by atoms with E-state index in [0.29, 0.717) is 6.61 Å². The molecule has 1 N–H and O–H groups in total. The van der Waals surface area contributed by atoms with E-state index in [-0.39, 0.29) is 18.5 Å². The van der Waals surface area contributed by atoms with Gasteiger partial charge in [0, 0.05) is 6.04 Å². The predicted octanol–water partition coefficient (Wildman–Crippen LogP) is 1.38. The first-order chi connectivity index (χ1) is 9.66. The Bertz CT molecular complexity index is 538. The zero-order valence-electron chi connectivity index (χ0n) is 11.1. The van der Waals surface area contributed by atoms with Crippen LogP contribution in [0.3, 0.4) is 0 Å². The highest BCUT2D eigenvalue weighted by Crippen LogP contribution is 2.33. The molecule has 1 aliphatic heterocycles. The fourth-order valence-corrected chi connectivity index (χ4v) is 2.67. The number of carbonyl (C=O) groups is 2. The average Bonchev–Trinajstić information content (AvgIpc) is 3.28. The molecule has 5 heteroatoms. The lowest BCUT2D eigenvalue weighted by molar-refractivity contribution is -0.152. The zero-order chi connectivity index (χ0) is 14.1. The summed E-state index contributed by atoms with van der Waals surface area (Å²) in [7, 11) is 0. The maximum absolute atomic E-state index is 12.6. The largest absolute Gasteiger partial charge is 0.480 e. The van der Waals surface area contributed by atoms with Crippen molar-refractivity contribution in [2.75, 3.05) is 13.2 Å². The van der Waals surface area contributed by atoms with Crippen LogP contribution in [0, 0.1) is 0 Å². The number of ether oxygens (including phenoxy) is 1. The molecule has 2 aliphatic rings. The quantitative estimate of drug-likeness (QED) is 0.901. The van der Waals surface area contributed by atoms with Crippen LogP contribution in [0.1, 0.15) is 30.1 Å². The minimum absolute atomic E-state index is 0.0660. The second-order valence-corrected chi connectivity index (χ2v) is 5.29. The Morgan fingerprint density at radius 3 is 2.75 bits per heavy atom. The van der Waals surface area contributed by atoms with E-state index in [9.17, 15) is 9.59 Å². The Labute approximate surface area is 117 Å². The third-order valence-electron chi connectivity index (χ3n) is 3.79. The summed E-state index contributed by atoms with van der Waals surface area (Å²) in [6, 6.07) is 7.78. The third-order valence-corrected chi connectivity index (χ3v) is 3.79. The lowest BCUT2D eigenvalue weighted by Crippen LogP contribution is -2.42. The number of hydrogen-bond acceptors (Lipinski definition) is 3. The molecule has 3 rings (SSSR count). The molecule has 5 nitrogen and oxygen atoms in total. The van der Waals surface area contributed by atoms with Crippen LogP contribution in [0.15, 0.2) is 24.3 Å². The summed E-state index contributed by atoms with van der Waals surface area (Å²) in [6.45, 7) is 0.254. The van der Waals surface area contributed by atoms with Crippen LogP contribution in [0.25, 0.3) is 0 Å². The van der Waals surface area contributed by atoms with Crippen molar-refractivity contribution < 1.29 is 19.4 Å². The molecular weight excluding hydrogens is 258 g/mol. The van der Waals surface area contributed by atoms with Gasteiger partial charge in [0.2, 0.25) is 0 Å². The van der Waals surface area contributed by atoms with E-state index >= 15 is 0 Å². The maximum atomic E-state index is 12.6. The molecule has 0 saturated heterocycles. The molecule has 0 spiro atoms. The molecule has 1 aliphatic carbocycles. The number of carbonyl (C=O) groups excluding carboxylic acids is 1. The van der Waals surface area contributed by atoms with E-state index in [4.69, 9.17) is 9.84 Å². The van der Waals surface area contributed by atoms with Gasteiger partial charge in [-0.3, -0.25) is 9.59 Å². The number of carboxylic acid groups (broad SMARTS) is 1. The first kappa shape index (κ1) is 13.1. The number of fused-ring (bicyclic) bond motifs is 1. The van der Waals surface area contributed by atoms with E-state index < -0.39 is 12.1 Å². The number of carboxylic acids is 1. The van der Waals surface area contributed by atoms with Crippen LogP contribution in [-0.4, -0.2) is 41.1 Å². The number of nitrogens with zero attached hydrogens (tertiary/aromatic N) is 1. The predicted molar refractivity (Wildman–Crippen MR) is 71.2 cm³/mol. The van der Waals surface area contributed by atoms with Crippen molar-refractivity contribution in [3.8, 4) is 0 Å². The summed E-state index contributed by atoms with van der Waals surface area (Å²) in [5.74, 6) is -1.20. The molecule has 0 radical (unpaired) electrons. The van der Waals surface area contributed by atoms with Crippen molar-refractivity contribution in [1.29, 1.82) is 0 Å². The van der Waals surface area contributed by atoms with E-state index in [1.807, 2.05) is 24.3 Å². The highest BCUT2D eigenvalue weighted by atomic mass is 16.5. The van der Waals surface area contributed by atoms with Crippen molar-refractivity contribution in [1.82, 2.24) is 4.90 Å². The van der Waals surface area contributed by atoms with E-state index in [2.05, 4.69) is 0 Å². The molecule has 1 amide bonds. The van der Waals surface area contributed by atoms with Crippen LogP contribution in [0.2, 0.25) is 0 Å². The smallest absolute Gasteiger partial charge is 0.323 e. The van der Waals surface area contributed by atoms with Crippen molar-refractivity contribution in [3.63, 3.8) is 0 Å². The highest BCUT2D eigenvalue weighted by Gasteiger charge is 2.39. The second kappa shape index (κ2) is 5.25. The molecule has 1 heterocycles. The molecular formula is C15H17NO4. The minimum atomic E-state index is -0.977. The normalized spacial score (nSPS) is 21.1. The standard InChI is InChI=1S/C15H17NO4/c17-13(18)9-16(11-5-6-11)15(19)14-12-4-2-1-3-10(12)7-8-20-14/h1-4,11,14H,5-9H2,(H,17,18)/t14-/m0/s1. The zero-order valence-corrected chi connectivity index (χ0v) is 11.1. The van der Waals surface area contributed by atoms with E-state index in [1.165, 1.54) is 4.90 Å². The second-order valence-electron chi connectivity index (χ2n) is 5.29. The summed E-state index contributed by atoms with van der Waals surface area (Å²) in [6.07, 6.45) is 1.91. The van der Waals surface area contributed by atoms with Gasteiger partial charge in [0.05, 0.1) is 6.61 Å². The fraction of sp³-hybridized carbons (Fsp3) is 0.467. The van der Waals surface area contributed by atoms with Gasteiger partial charge in [-0.1, -0.05) is 24.3 Å². The van der Waals surface area contributed by atoms with Gasteiger partial charge in [0.1, 0.15) is 6.54 Å². The minimum Gasteiger partial charge on any atom is -0.480 e. The molecule has 1 fully saturated rings. The van der Waals surface area contributed by atoms with Crippen LogP contribution in [0.4, 0.5) is 0 Å². The van der Waals surface area contributed by atoms with Gasteiger partial charge < -0.3 is 14.7 Å². The first-order valence-electron chi connectivity index (χ1n) is 6.88. The number of aliphatic carboxylic acids is 1. The van der Waals surface area contributed by atoms with Gasteiger partial charge in [-0.2, -0.15) is 0 Å². The Morgan fingerprint density at radius 1 is 1.30 bits per heavy atom. The van der Waals surface area contributed by atoms with Crippen LogP contribution in [0.5, 0.6) is 0 Å². The molecule has 1 aromatic rings. The molecule has 1 saturated carbocycles. The van der Waals surface area contributed by atoms with Gasteiger partial charge in [-0.15, -0.1) is 0 Å². The molecule has 1 aromatic carbocycles. The number of hydrogen-bond donors (Lipinski definition) is 1.